The smallest absolute Gasteiger partial charge is 0.392 e. The first-order valence-electron chi connectivity index (χ1n) is 4.62. The Morgan fingerprint density at radius 3 is 2.59 bits per heavy atom. The molecule has 0 atom stereocenters. The van der Waals surface area contributed by atoms with Crippen LogP contribution in [0.3, 0.4) is 0 Å². The number of ether oxygens (including phenoxy) is 1. The second-order valence-electron chi connectivity index (χ2n) is 3.27. The molecule has 7 heteroatoms. The summed E-state index contributed by atoms with van der Waals surface area (Å²) in [6, 6.07) is 3.61. The van der Waals surface area contributed by atoms with E-state index in [0.29, 0.717) is 0 Å². The van der Waals surface area contributed by atoms with Gasteiger partial charge in [-0.2, -0.15) is 13.2 Å². The summed E-state index contributed by atoms with van der Waals surface area (Å²) in [4.78, 5) is 10.6. The molecule has 0 aliphatic carbocycles. The molecule has 1 aromatic carbocycles. The third-order valence-corrected chi connectivity index (χ3v) is 1.90. The van der Waals surface area contributed by atoms with Crippen molar-refractivity contribution in [2.45, 2.75) is 12.6 Å². The highest BCUT2D eigenvalue weighted by Gasteiger charge is 2.27. The Bertz CT molecular complexity index is 418. The molecule has 0 aliphatic rings. The zero-order valence-electron chi connectivity index (χ0n) is 8.62. The van der Waals surface area contributed by atoms with Crippen molar-refractivity contribution < 1.29 is 27.8 Å². The Balaban J connectivity index is 2.70. The van der Waals surface area contributed by atoms with Gasteiger partial charge in [0.2, 0.25) is 0 Å². The van der Waals surface area contributed by atoms with Crippen LogP contribution < -0.4 is 10.5 Å². The fourth-order valence-corrected chi connectivity index (χ4v) is 1.07. The molecule has 0 spiro atoms. The number of nitrogens with two attached hydrogens (primary N) is 1. The highest BCUT2D eigenvalue weighted by atomic mass is 19.4. The largest absolute Gasteiger partial charge is 0.491 e. The minimum Gasteiger partial charge on any atom is -0.491 e. The fraction of sp³-hybridized carbons (Fsp3) is 0.300. The van der Waals surface area contributed by atoms with Gasteiger partial charge in [0, 0.05) is 0 Å². The number of hydrogen-bond donors (Lipinski definition) is 2. The molecule has 1 aromatic rings. The van der Waals surface area contributed by atoms with Gasteiger partial charge >= 0.3 is 12.1 Å². The molecule has 0 aliphatic heterocycles. The molecular formula is C10H10F3NO3. The van der Waals surface area contributed by atoms with E-state index in [2.05, 4.69) is 0 Å². The van der Waals surface area contributed by atoms with E-state index in [4.69, 9.17) is 15.6 Å². The Hall–Kier alpha value is -1.92. The molecular weight excluding hydrogens is 239 g/mol. The summed E-state index contributed by atoms with van der Waals surface area (Å²) in [5, 5.41) is 8.68. The highest BCUT2D eigenvalue weighted by molar-refractivity contribution is 5.89. The first-order chi connectivity index (χ1) is 7.79. The Morgan fingerprint density at radius 2 is 2.06 bits per heavy atom. The molecule has 0 saturated carbocycles. The number of nitrogen functional groups attached to an aromatic ring is 1. The quantitative estimate of drug-likeness (QED) is 0.803. The van der Waals surface area contributed by atoms with E-state index in [1.54, 1.807) is 0 Å². The summed E-state index contributed by atoms with van der Waals surface area (Å²) >= 11 is 0. The van der Waals surface area contributed by atoms with Crippen molar-refractivity contribution >= 4 is 11.7 Å². The highest BCUT2D eigenvalue weighted by Crippen LogP contribution is 2.25. The summed E-state index contributed by atoms with van der Waals surface area (Å²) in [7, 11) is 0. The standard InChI is InChI=1S/C10H10F3NO3/c11-10(12,13)3-4-17-8-5-6(9(15)16)1-2-7(8)14/h1-2,5H,3-4,14H2,(H,15,16). The van der Waals surface area contributed by atoms with E-state index in [1.807, 2.05) is 0 Å². The molecule has 0 amide bonds. The molecule has 94 valence electrons. The molecule has 0 unspecified atom stereocenters. The van der Waals surface area contributed by atoms with E-state index in [0.717, 1.165) is 6.07 Å². The van der Waals surface area contributed by atoms with Gasteiger partial charge in [-0.25, -0.2) is 4.79 Å². The van der Waals surface area contributed by atoms with E-state index in [9.17, 15) is 18.0 Å². The van der Waals surface area contributed by atoms with Crippen molar-refractivity contribution in [2.24, 2.45) is 0 Å². The first kappa shape index (κ1) is 13.1. The molecule has 0 saturated heterocycles. The van der Waals surface area contributed by atoms with Crippen molar-refractivity contribution in [3.8, 4) is 5.75 Å². The molecule has 17 heavy (non-hydrogen) atoms. The number of hydrogen-bond acceptors (Lipinski definition) is 3. The Kier molecular flexibility index (Phi) is 3.82. The lowest BCUT2D eigenvalue weighted by Gasteiger charge is -2.11. The second kappa shape index (κ2) is 4.94. The average molecular weight is 249 g/mol. The number of benzene rings is 1. The fourth-order valence-electron chi connectivity index (χ4n) is 1.07. The SMILES string of the molecule is Nc1ccc(C(=O)O)cc1OCCC(F)(F)F. The summed E-state index contributed by atoms with van der Waals surface area (Å²) in [5.74, 6) is -1.26. The maximum atomic E-state index is 11.9. The normalized spacial score (nSPS) is 11.2. The summed E-state index contributed by atoms with van der Waals surface area (Å²) in [6.45, 7) is -0.600. The minimum atomic E-state index is -4.32. The van der Waals surface area contributed by atoms with Crippen molar-refractivity contribution in [1.82, 2.24) is 0 Å². The van der Waals surface area contributed by atoms with Crippen LogP contribution in [-0.4, -0.2) is 23.9 Å². The molecule has 3 N–H and O–H groups in total. The lowest BCUT2D eigenvalue weighted by Crippen LogP contribution is -2.13. The number of anilines is 1. The van der Waals surface area contributed by atoms with Crippen LogP contribution in [-0.2, 0) is 0 Å². The Labute approximate surface area is 94.8 Å². The third kappa shape index (κ3) is 4.21. The van der Waals surface area contributed by atoms with Gasteiger partial charge in [-0.05, 0) is 18.2 Å². The van der Waals surface area contributed by atoms with E-state index < -0.39 is 25.2 Å². The van der Waals surface area contributed by atoms with E-state index in [1.165, 1.54) is 12.1 Å². The molecule has 0 aromatic heterocycles. The molecule has 0 radical (unpaired) electrons. The zero-order valence-corrected chi connectivity index (χ0v) is 8.62. The third-order valence-electron chi connectivity index (χ3n) is 1.90. The van der Waals surface area contributed by atoms with Gasteiger partial charge in [0.25, 0.3) is 0 Å². The summed E-state index contributed by atoms with van der Waals surface area (Å²) in [5.41, 5.74) is 5.44. The van der Waals surface area contributed by atoms with Crippen LogP contribution in [0, 0.1) is 0 Å². The first-order valence-corrected chi connectivity index (χ1v) is 4.62. The van der Waals surface area contributed by atoms with Gasteiger partial charge in [0.1, 0.15) is 5.75 Å². The van der Waals surface area contributed by atoms with Crippen molar-refractivity contribution in [3.63, 3.8) is 0 Å². The van der Waals surface area contributed by atoms with Crippen LogP contribution in [0.4, 0.5) is 18.9 Å². The lowest BCUT2D eigenvalue weighted by molar-refractivity contribution is -0.139. The predicted octanol–water partition coefficient (Wildman–Crippen LogP) is 2.30. The molecule has 4 nitrogen and oxygen atoms in total. The van der Waals surface area contributed by atoms with Crippen LogP contribution in [0.2, 0.25) is 0 Å². The average Bonchev–Trinajstić information content (AvgIpc) is 2.18. The van der Waals surface area contributed by atoms with Crippen LogP contribution >= 0.6 is 0 Å². The molecule has 0 bridgehead atoms. The van der Waals surface area contributed by atoms with Gasteiger partial charge in [-0.1, -0.05) is 0 Å². The second-order valence-corrected chi connectivity index (χ2v) is 3.27. The molecule has 1 rings (SSSR count). The lowest BCUT2D eigenvalue weighted by atomic mass is 10.2. The number of carboxylic acid groups (broad SMARTS) is 1. The zero-order chi connectivity index (χ0) is 13.1. The van der Waals surface area contributed by atoms with Crippen LogP contribution in [0.1, 0.15) is 16.8 Å². The van der Waals surface area contributed by atoms with E-state index in [-0.39, 0.29) is 17.0 Å². The molecule has 0 fully saturated rings. The number of carboxylic acids is 1. The van der Waals surface area contributed by atoms with Crippen LogP contribution in [0.5, 0.6) is 5.75 Å². The monoisotopic (exact) mass is 249 g/mol. The maximum Gasteiger partial charge on any atom is 0.392 e. The van der Waals surface area contributed by atoms with Gasteiger partial charge < -0.3 is 15.6 Å². The number of alkyl halides is 3. The number of rotatable bonds is 4. The summed E-state index contributed by atoms with van der Waals surface area (Å²) in [6.07, 6.45) is -5.44. The van der Waals surface area contributed by atoms with Crippen molar-refractivity contribution in [1.29, 1.82) is 0 Å². The predicted molar refractivity (Wildman–Crippen MR) is 54.0 cm³/mol. The summed E-state index contributed by atoms with van der Waals surface area (Å²) < 4.78 is 40.4. The number of aromatic carboxylic acids is 1. The van der Waals surface area contributed by atoms with Gasteiger partial charge in [-0.3, -0.25) is 0 Å². The van der Waals surface area contributed by atoms with Crippen LogP contribution in [0.25, 0.3) is 0 Å². The number of halogens is 3. The van der Waals surface area contributed by atoms with Crippen molar-refractivity contribution in [3.05, 3.63) is 23.8 Å². The maximum absolute atomic E-state index is 11.9. The minimum absolute atomic E-state index is 0.0610. The van der Waals surface area contributed by atoms with Gasteiger partial charge in [-0.15, -0.1) is 0 Å². The van der Waals surface area contributed by atoms with Gasteiger partial charge in [0.15, 0.2) is 0 Å². The van der Waals surface area contributed by atoms with Crippen molar-refractivity contribution in [2.75, 3.05) is 12.3 Å². The number of carbonyl (C=O) groups is 1. The molecule has 0 heterocycles. The van der Waals surface area contributed by atoms with Crippen LogP contribution in [0.15, 0.2) is 18.2 Å². The van der Waals surface area contributed by atoms with E-state index >= 15 is 0 Å². The van der Waals surface area contributed by atoms with Gasteiger partial charge in [0.05, 0.1) is 24.3 Å². The Morgan fingerprint density at radius 1 is 1.41 bits per heavy atom. The topological polar surface area (TPSA) is 72.6 Å².